The van der Waals surface area contributed by atoms with Gasteiger partial charge in [0, 0.05) is 44.6 Å². The third-order valence-electron chi connectivity index (χ3n) is 23.0. The van der Waals surface area contributed by atoms with Crippen molar-refractivity contribution in [1.29, 1.82) is 0 Å². The highest BCUT2D eigenvalue weighted by atomic mass is 31.2. The maximum atomic E-state index is 15.0. The summed E-state index contributed by atoms with van der Waals surface area (Å²) >= 11 is 0. The van der Waals surface area contributed by atoms with Gasteiger partial charge in [0.15, 0.2) is 6.29 Å². The number of aliphatic hydroxyl groups is 1. The van der Waals surface area contributed by atoms with Gasteiger partial charge in [-0.05, 0) is 64.2 Å². The number of carbonyl (C=O) groups excluding carboxylic acids is 6. The number of aliphatic hydroxyl groups excluding tert-OH is 1. The summed E-state index contributed by atoms with van der Waals surface area (Å²) in [6.07, 6.45) is 62.3. The van der Waals surface area contributed by atoms with Crippen molar-refractivity contribution in [1.82, 2.24) is 10.6 Å². The predicted octanol–water partition coefficient (Wildman–Crippen LogP) is 25.5. The van der Waals surface area contributed by atoms with Crippen LogP contribution in [-0.2, 0) is 61.5 Å². The molecular formula is C94H179N2O16P. The Bertz CT molecular complexity index is 2260. The molecule has 0 aliphatic carbocycles. The van der Waals surface area contributed by atoms with Crippen LogP contribution < -0.4 is 10.6 Å². The fourth-order valence-corrected chi connectivity index (χ4v) is 16.7. The minimum Gasteiger partial charge on any atom is -0.462 e. The largest absolute Gasteiger partial charge is 0.469 e. The number of ketones is 1. The minimum absolute atomic E-state index is 0.00397. The van der Waals surface area contributed by atoms with E-state index >= 15 is 0 Å². The van der Waals surface area contributed by atoms with Gasteiger partial charge < -0.3 is 49.2 Å². The second-order valence-corrected chi connectivity index (χ2v) is 35.2. The van der Waals surface area contributed by atoms with Crippen molar-refractivity contribution in [2.45, 2.75) is 540 Å². The van der Waals surface area contributed by atoms with Crippen molar-refractivity contribution in [3.63, 3.8) is 0 Å². The number of nitrogens with one attached hydrogen (secondary N) is 2. The smallest absolute Gasteiger partial charge is 0.462 e. The van der Waals surface area contributed by atoms with Crippen LogP contribution in [0.15, 0.2) is 0 Å². The van der Waals surface area contributed by atoms with Crippen LogP contribution in [0.5, 0.6) is 0 Å². The summed E-state index contributed by atoms with van der Waals surface area (Å²) in [6, 6.07) is -1.32. The summed E-state index contributed by atoms with van der Waals surface area (Å²) in [5.41, 5.74) is 0. The number of phosphoric ester groups is 1. The van der Waals surface area contributed by atoms with E-state index in [-0.39, 0.29) is 75.5 Å². The zero-order valence-corrected chi connectivity index (χ0v) is 74.9. The highest BCUT2D eigenvalue weighted by Crippen LogP contribution is 2.44. The molecule has 19 heteroatoms. The van der Waals surface area contributed by atoms with E-state index in [0.717, 1.165) is 148 Å². The van der Waals surface area contributed by atoms with Crippen LogP contribution in [0.4, 0.5) is 0 Å². The van der Waals surface area contributed by atoms with Crippen molar-refractivity contribution in [3.05, 3.63) is 0 Å². The number of hydrogen-bond donors (Lipinski definition) is 5. The van der Waals surface area contributed by atoms with Gasteiger partial charge in [-0.15, -0.1) is 0 Å². The molecule has 113 heavy (non-hydrogen) atoms. The second kappa shape index (κ2) is 78.8. The van der Waals surface area contributed by atoms with Gasteiger partial charge in [0.2, 0.25) is 11.8 Å². The molecule has 8 unspecified atom stereocenters. The lowest BCUT2D eigenvalue weighted by molar-refractivity contribution is -0.256. The SMILES string of the molecule is CCCCCCCCCCCCCC(=O)OC(CCCCCCCCCCC)CC(=O)CC1C(NC(=O)CC(CCCCCCCCCCC)OC(=O)CCCCCCCCCCCCC)C(OCCCNC(=O)CC(CCCCCCCCCCC)OC(=O)CCCCCCCCCCCCC)OC(CO)C1OP(=O)(O)O. The first-order valence-electron chi connectivity index (χ1n) is 48.3. The Morgan fingerprint density at radius 3 is 0.929 bits per heavy atom. The molecular weight excluding hydrogens is 1440 g/mol. The maximum Gasteiger partial charge on any atom is 0.469 e. The number of hydrogen-bond acceptors (Lipinski definition) is 14. The molecule has 1 rings (SSSR count). The van der Waals surface area contributed by atoms with Crippen molar-refractivity contribution in [3.8, 4) is 0 Å². The summed E-state index contributed by atoms with van der Waals surface area (Å²) in [5, 5.41) is 17.1. The molecule has 2 amide bonds. The Hall–Kier alpha value is -2.99. The fraction of sp³-hybridized carbons (Fsp3) is 0.936. The predicted molar refractivity (Wildman–Crippen MR) is 464 cm³/mol. The minimum atomic E-state index is -5.38. The van der Waals surface area contributed by atoms with Crippen molar-refractivity contribution >= 4 is 43.3 Å². The van der Waals surface area contributed by atoms with Crippen LogP contribution in [0.2, 0.25) is 0 Å². The molecule has 5 N–H and O–H groups in total. The Morgan fingerprint density at radius 2 is 0.637 bits per heavy atom. The monoisotopic (exact) mass is 1620 g/mol. The third kappa shape index (κ3) is 67.5. The zero-order valence-electron chi connectivity index (χ0n) is 74.0. The molecule has 1 heterocycles. The van der Waals surface area contributed by atoms with E-state index in [2.05, 4.69) is 52.2 Å². The van der Waals surface area contributed by atoms with Crippen LogP contribution in [0, 0.1) is 5.92 Å². The normalized spacial score (nSPS) is 16.6. The van der Waals surface area contributed by atoms with Crippen LogP contribution in [0.3, 0.4) is 0 Å². The Morgan fingerprint density at radius 1 is 0.363 bits per heavy atom. The van der Waals surface area contributed by atoms with E-state index in [4.69, 9.17) is 28.2 Å². The van der Waals surface area contributed by atoms with Crippen LogP contribution >= 0.6 is 7.82 Å². The molecule has 18 nitrogen and oxygen atoms in total. The number of ether oxygens (including phenoxy) is 5. The number of esters is 3. The number of amides is 2. The Labute approximate surface area is 692 Å². The van der Waals surface area contributed by atoms with E-state index in [0.29, 0.717) is 38.5 Å². The summed E-state index contributed by atoms with van der Waals surface area (Å²) < 4.78 is 49.9. The lowest BCUT2D eigenvalue weighted by Crippen LogP contribution is -2.63. The number of phosphoric acid groups is 1. The molecule has 1 saturated heterocycles. The van der Waals surface area contributed by atoms with Crippen molar-refractivity contribution in [2.75, 3.05) is 19.8 Å². The van der Waals surface area contributed by atoms with Gasteiger partial charge in [-0.1, -0.05) is 388 Å². The van der Waals surface area contributed by atoms with Gasteiger partial charge in [0.1, 0.15) is 36.3 Å². The van der Waals surface area contributed by atoms with E-state index in [1.807, 2.05) is 0 Å². The molecule has 0 aromatic heterocycles. The summed E-state index contributed by atoms with van der Waals surface area (Å²) in [6.45, 7) is 12.6. The van der Waals surface area contributed by atoms with Gasteiger partial charge in [0.05, 0.1) is 32.1 Å². The fourth-order valence-electron chi connectivity index (χ4n) is 16.1. The molecule has 1 aliphatic heterocycles. The van der Waals surface area contributed by atoms with Gasteiger partial charge in [-0.2, -0.15) is 0 Å². The van der Waals surface area contributed by atoms with Gasteiger partial charge in [-0.25, -0.2) is 4.57 Å². The highest BCUT2D eigenvalue weighted by Gasteiger charge is 2.50. The lowest BCUT2D eigenvalue weighted by atomic mass is 9.82. The van der Waals surface area contributed by atoms with Gasteiger partial charge in [0.25, 0.3) is 0 Å². The highest BCUT2D eigenvalue weighted by molar-refractivity contribution is 7.46. The first kappa shape index (κ1) is 108. The third-order valence-corrected chi connectivity index (χ3v) is 23.5. The van der Waals surface area contributed by atoms with Crippen molar-refractivity contribution in [2.24, 2.45) is 5.92 Å². The molecule has 0 spiro atoms. The maximum absolute atomic E-state index is 15.0. The zero-order chi connectivity index (χ0) is 82.6. The quantitative estimate of drug-likeness (QED) is 0.0164. The Kier molecular flexibility index (Phi) is 75.4. The summed E-state index contributed by atoms with van der Waals surface area (Å²) in [4.78, 5) is 106. The van der Waals surface area contributed by atoms with Gasteiger partial charge >= 0.3 is 25.7 Å². The molecule has 666 valence electrons. The van der Waals surface area contributed by atoms with Crippen LogP contribution in [-0.4, -0.2) is 113 Å². The first-order valence-corrected chi connectivity index (χ1v) is 49.8. The molecule has 0 aromatic rings. The van der Waals surface area contributed by atoms with E-state index in [1.54, 1.807) is 0 Å². The molecule has 0 radical (unpaired) electrons. The van der Waals surface area contributed by atoms with E-state index < -0.39 is 81.3 Å². The Balaban J connectivity index is 3.64. The molecule has 0 saturated carbocycles. The molecule has 0 aromatic carbocycles. The lowest BCUT2D eigenvalue weighted by Gasteiger charge is -2.46. The van der Waals surface area contributed by atoms with E-state index in [1.165, 1.54) is 225 Å². The summed E-state index contributed by atoms with van der Waals surface area (Å²) in [5.74, 6) is -3.57. The van der Waals surface area contributed by atoms with Crippen LogP contribution in [0.25, 0.3) is 0 Å². The standard InChI is InChI=1S/C94H179N2O16P/c1-7-13-19-25-31-37-40-46-52-58-64-71-89(101)108-82(68-61-55-49-43-34-28-22-16-10-4)76-81(98)77-85-92(96-88(100)79-84(70-63-57-51-45-36-30-24-18-12-6)110-91(103)73-66-60-54-48-42-39-33-27-21-15-9-3)94(111-86(80-97)93(85)112-113(104,105)106)107-75-67-74-95-87(99)78-83(69-62-56-50-44-35-29-23-17-11-5)109-90(102)72-65-59-53-47-41-38-32-26-20-14-8-2/h82-86,92-94,97H,7-80H2,1-6H3,(H,95,99)(H,96,100)(H2,104,105,106). The molecule has 1 aliphatic rings. The first-order chi connectivity index (χ1) is 55.0. The topological polar surface area (TPSA) is 260 Å². The van der Waals surface area contributed by atoms with Crippen LogP contribution in [0.1, 0.15) is 497 Å². The molecule has 1 fully saturated rings. The number of unbranched alkanes of at least 4 members (excludes halogenated alkanes) is 54. The molecule has 0 bridgehead atoms. The average Bonchev–Trinajstić information content (AvgIpc) is 0.781. The number of rotatable bonds is 86. The summed E-state index contributed by atoms with van der Waals surface area (Å²) in [7, 11) is -5.38. The molecule has 8 atom stereocenters. The second-order valence-electron chi connectivity index (χ2n) is 34.0. The number of Topliss-reactive ketones (excluding diaryl/α,β-unsaturated/α-hetero) is 1. The van der Waals surface area contributed by atoms with E-state index in [9.17, 15) is 48.2 Å². The van der Waals surface area contributed by atoms with Crippen molar-refractivity contribution < 1.29 is 76.4 Å². The average molecular weight is 1620 g/mol. The van der Waals surface area contributed by atoms with Gasteiger partial charge in [-0.3, -0.25) is 33.3 Å². The number of carbonyl (C=O) groups is 6.